The number of carbonyl (C=O) groups excluding carboxylic acids is 1. The minimum absolute atomic E-state index is 0.0156. The van der Waals surface area contributed by atoms with Crippen molar-refractivity contribution in [1.82, 2.24) is 4.31 Å². The predicted molar refractivity (Wildman–Crippen MR) is 149 cm³/mol. The van der Waals surface area contributed by atoms with Crippen LogP contribution in [0.5, 0.6) is 0 Å². The summed E-state index contributed by atoms with van der Waals surface area (Å²) >= 11 is 6.06. The Bertz CT molecular complexity index is 1390. The molecule has 1 amide bonds. The third kappa shape index (κ3) is 6.69. The van der Waals surface area contributed by atoms with Crippen LogP contribution in [0.3, 0.4) is 0 Å². The summed E-state index contributed by atoms with van der Waals surface area (Å²) in [5.41, 5.74) is 2.85. The van der Waals surface area contributed by atoms with Crippen molar-refractivity contribution in [2.75, 3.05) is 25.1 Å². The first-order valence-corrected chi connectivity index (χ1v) is 14.8. The molecule has 0 saturated carbocycles. The third-order valence-electron chi connectivity index (χ3n) is 7.03. The van der Waals surface area contributed by atoms with E-state index in [9.17, 15) is 18.3 Å². The Balaban J connectivity index is 1.24. The Labute approximate surface area is 233 Å². The largest absolute Gasteiger partial charge is 0.389 e. The normalized spacial score (nSPS) is 24.3. The lowest BCUT2D eigenvalue weighted by atomic mass is 9.96. The fraction of sp³-hybridized carbons (Fsp3) is 0.345. The van der Waals surface area contributed by atoms with E-state index in [4.69, 9.17) is 21.1 Å². The highest BCUT2D eigenvalue weighted by Gasteiger charge is 2.43. The molecule has 0 bridgehead atoms. The Morgan fingerprint density at radius 3 is 2.46 bits per heavy atom. The maximum Gasteiger partial charge on any atom is 0.243 e. The second-order valence-corrected chi connectivity index (χ2v) is 12.2. The fourth-order valence-corrected chi connectivity index (χ4v) is 7.15. The van der Waals surface area contributed by atoms with Gasteiger partial charge in [0.15, 0.2) is 0 Å². The number of halogens is 1. The number of hydrogen-bond donors (Lipinski definition) is 2. The van der Waals surface area contributed by atoms with E-state index < -0.39 is 34.4 Å². The Kier molecular flexibility index (Phi) is 8.66. The summed E-state index contributed by atoms with van der Waals surface area (Å²) in [4.78, 5) is 12.9. The van der Waals surface area contributed by atoms with E-state index in [0.29, 0.717) is 23.6 Å². The van der Waals surface area contributed by atoms with Crippen LogP contribution in [0.15, 0.2) is 83.8 Å². The molecule has 2 fully saturated rings. The van der Waals surface area contributed by atoms with E-state index in [1.54, 1.807) is 12.1 Å². The van der Waals surface area contributed by atoms with Gasteiger partial charge in [-0.3, -0.25) is 4.79 Å². The van der Waals surface area contributed by atoms with Crippen molar-refractivity contribution in [3.63, 3.8) is 0 Å². The molecular weight excluding hydrogens is 540 g/mol. The number of sulfonamides is 1. The van der Waals surface area contributed by atoms with Crippen LogP contribution >= 0.6 is 11.6 Å². The average molecular weight is 571 g/mol. The van der Waals surface area contributed by atoms with Crippen molar-refractivity contribution < 1.29 is 27.8 Å². The highest BCUT2D eigenvalue weighted by Crippen LogP contribution is 2.32. The van der Waals surface area contributed by atoms with E-state index in [1.807, 2.05) is 54.6 Å². The number of rotatable bonds is 6. The lowest BCUT2D eigenvalue weighted by Gasteiger charge is -2.43. The molecule has 2 heterocycles. The number of aliphatic hydroxyl groups is 1. The standard InChI is InChI=1S/C29H31ClN2O6S/c30-22-7-4-8-26(15-22)39(35,36)32-17-24(33)18-37-19-28-27(32)14-13-25(38-28)16-29(34)31-23-11-9-21(10-12-23)20-5-2-1-3-6-20/h1-12,15,24-25,27-28,33H,13-14,16-19H2,(H,31,34)/t24-,25-,27+,28-/m1/s1. The highest BCUT2D eigenvalue weighted by molar-refractivity contribution is 7.89. The highest BCUT2D eigenvalue weighted by atomic mass is 35.5. The lowest BCUT2D eigenvalue weighted by molar-refractivity contribution is -0.144. The second kappa shape index (κ2) is 12.2. The molecule has 2 aliphatic heterocycles. The molecule has 5 rings (SSSR count). The zero-order valence-electron chi connectivity index (χ0n) is 21.3. The molecule has 0 aromatic heterocycles. The van der Waals surface area contributed by atoms with Gasteiger partial charge >= 0.3 is 0 Å². The Morgan fingerprint density at radius 1 is 0.974 bits per heavy atom. The number of ether oxygens (including phenoxy) is 2. The molecule has 0 radical (unpaired) electrons. The molecule has 4 atom stereocenters. The zero-order chi connectivity index (χ0) is 27.4. The molecule has 2 N–H and O–H groups in total. The molecule has 10 heteroatoms. The minimum Gasteiger partial charge on any atom is -0.389 e. The Morgan fingerprint density at radius 2 is 1.72 bits per heavy atom. The van der Waals surface area contributed by atoms with Gasteiger partial charge < -0.3 is 19.9 Å². The van der Waals surface area contributed by atoms with Gasteiger partial charge in [0.25, 0.3) is 0 Å². The first-order chi connectivity index (χ1) is 18.8. The fourth-order valence-electron chi connectivity index (χ4n) is 5.13. The van der Waals surface area contributed by atoms with Crippen molar-refractivity contribution in [1.29, 1.82) is 0 Å². The van der Waals surface area contributed by atoms with Crippen molar-refractivity contribution in [3.05, 3.63) is 83.9 Å². The zero-order valence-corrected chi connectivity index (χ0v) is 22.9. The van der Waals surface area contributed by atoms with E-state index >= 15 is 0 Å². The van der Waals surface area contributed by atoms with Crippen LogP contribution in [0.2, 0.25) is 5.02 Å². The summed E-state index contributed by atoms with van der Waals surface area (Å²) in [7, 11) is -3.96. The van der Waals surface area contributed by atoms with Gasteiger partial charge in [-0.05, 0) is 54.3 Å². The van der Waals surface area contributed by atoms with E-state index in [1.165, 1.54) is 16.4 Å². The van der Waals surface area contributed by atoms with Crippen LogP contribution in [-0.4, -0.2) is 67.8 Å². The van der Waals surface area contributed by atoms with Crippen molar-refractivity contribution in [2.24, 2.45) is 0 Å². The first-order valence-electron chi connectivity index (χ1n) is 12.9. The monoisotopic (exact) mass is 570 g/mol. The molecule has 2 aliphatic rings. The third-order valence-corrected chi connectivity index (χ3v) is 9.15. The van der Waals surface area contributed by atoms with Crippen LogP contribution < -0.4 is 5.32 Å². The van der Waals surface area contributed by atoms with Gasteiger partial charge in [-0.15, -0.1) is 0 Å². The van der Waals surface area contributed by atoms with Crippen LogP contribution in [0, 0.1) is 0 Å². The SMILES string of the molecule is O=C(C[C@H]1CC[C@H]2[C@@H](COC[C@H](O)CN2S(=O)(=O)c2cccc(Cl)c2)O1)Nc1ccc(-c2ccccc2)cc1. The molecular formula is C29H31ClN2O6S. The summed E-state index contributed by atoms with van der Waals surface area (Å²) in [5, 5.41) is 13.6. The number of hydrogen-bond acceptors (Lipinski definition) is 6. The minimum atomic E-state index is -3.96. The summed E-state index contributed by atoms with van der Waals surface area (Å²) in [6, 6.07) is 23.2. The summed E-state index contributed by atoms with van der Waals surface area (Å²) in [5.74, 6) is -0.184. The quantitative estimate of drug-likeness (QED) is 0.457. The number of aliphatic hydroxyl groups excluding tert-OH is 1. The summed E-state index contributed by atoms with van der Waals surface area (Å²) in [6.07, 6.45) is -0.866. The van der Waals surface area contributed by atoms with Gasteiger partial charge in [0.1, 0.15) is 0 Å². The van der Waals surface area contributed by atoms with Crippen molar-refractivity contribution in [2.45, 2.75) is 48.5 Å². The molecule has 0 spiro atoms. The number of nitrogens with one attached hydrogen (secondary N) is 1. The van der Waals surface area contributed by atoms with Crippen LogP contribution in [0.25, 0.3) is 11.1 Å². The molecule has 0 aliphatic carbocycles. The van der Waals surface area contributed by atoms with Gasteiger partial charge in [0.2, 0.25) is 15.9 Å². The summed E-state index contributed by atoms with van der Waals surface area (Å²) in [6.45, 7) is -0.0237. The molecule has 3 aromatic carbocycles. The second-order valence-electron chi connectivity index (χ2n) is 9.86. The maximum absolute atomic E-state index is 13.6. The average Bonchev–Trinajstić information content (AvgIpc) is 2.92. The molecule has 206 valence electrons. The molecule has 3 aromatic rings. The first kappa shape index (κ1) is 27.8. The number of amides is 1. The molecule has 8 nitrogen and oxygen atoms in total. The molecule has 0 unspecified atom stereocenters. The number of anilines is 1. The predicted octanol–water partition coefficient (Wildman–Crippen LogP) is 4.33. The smallest absolute Gasteiger partial charge is 0.243 e. The van der Waals surface area contributed by atoms with E-state index in [0.717, 1.165) is 11.1 Å². The van der Waals surface area contributed by atoms with Crippen LogP contribution in [0.1, 0.15) is 19.3 Å². The van der Waals surface area contributed by atoms with Crippen LogP contribution in [-0.2, 0) is 24.3 Å². The maximum atomic E-state index is 13.6. The molecule has 2 saturated heterocycles. The number of carbonyl (C=O) groups is 1. The van der Waals surface area contributed by atoms with Gasteiger partial charge in [-0.2, -0.15) is 4.31 Å². The van der Waals surface area contributed by atoms with E-state index in [2.05, 4.69) is 5.32 Å². The van der Waals surface area contributed by atoms with Crippen molar-refractivity contribution in [3.8, 4) is 11.1 Å². The lowest BCUT2D eigenvalue weighted by Crippen LogP contribution is -2.57. The van der Waals surface area contributed by atoms with Gasteiger partial charge in [0, 0.05) is 17.3 Å². The van der Waals surface area contributed by atoms with Gasteiger partial charge in [-0.1, -0.05) is 60.1 Å². The molecule has 39 heavy (non-hydrogen) atoms. The van der Waals surface area contributed by atoms with Crippen molar-refractivity contribution >= 4 is 33.2 Å². The van der Waals surface area contributed by atoms with Gasteiger partial charge in [0.05, 0.1) is 48.9 Å². The van der Waals surface area contributed by atoms with E-state index in [-0.39, 0.29) is 37.0 Å². The van der Waals surface area contributed by atoms with Gasteiger partial charge in [-0.25, -0.2) is 8.42 Å². The van der Waals surface area contributed by atoms with Crippen LogP contribution in [0.4, 0.5) is 5.69 Å². The Hall–Kier alpha value is -2.79. The number of nitrogens with zero attached hydrogens (tertiary/aromatic N) is 1. The number of benzene rings is 3. The summed E-state index contributed by atoms with van der Waals surface area (Å²) < 4.78 is 40.3. The topological polar surface area (TPSA) is 105 Å². The number of fused-ring (bicyclic) bond motifs is 1. The number of β-amino-alcohol motifs (C(OH)–C–C–N with tert-alkyl or cyclic N) is 1.